The molecule has 3 nitrogen and oxygen atoms in total. The molecule has 1 aromatic heterocycles. The van der Waals surface area contributed by atoms with Crippen molar-refractivity contribution in [3.8, 4) is 0 Å². The maximum absolute atomic E-state index is 13.0. The number of amides is 1. The SMILES string of the molecule is CN(Cc1cccc(F)c1)C(=O)c1cc(Cl)c[nH]1. The van der Waals surface area contributed by atoms with Crippen LogP contribution >= 0.6 is 11.6 Å². The number of aromatic amines is 1. The maximum atomic E-state index is 13.0. The van der Waals surface area contributed by atoms with Crippen molar-refractivity contribution in [2.75, 3.05) is 7.05 Å². The molecule has 18 heavy (non-hydrogen) atoms. The molecule has 2 aromatic rings. The van der Waals surface area contributed by atoms with Crippen molar-refractivity contribution in [1.82, 2.24) is 9.88 Å². The topological polar surface area (TPSA) is 36.1 Å². The fourth-order valence-corrected chi connectivity index (χ4v) is 1.84. The highest BCUT2D eigenvalue weighted by Crippen LogP contribution is 2.13. The lowest BCUT2D eigenvalue weighted by Crippen LogP contribution is -2.26. The molecule has 0 bridgehead atoms. The van der Waals surface area contributed by atoms with Crippen molar-refractivity contribution in [2.45, 2.75) is 6.54 Å². The second-order valence-electron chi connectivity index (χ2n) is 4.02. The van der Waals surface area contributed by atoms with Gasteiger partial charge in [-0.1, -0.05) is 23.7 Å². The summed E-state index contributed by atoms with van der Waals surface area (Å²) in [6.45, 7) is 0.341. The summed E-state index contributed by atoms with van der Waals surface area (Å²) in [6.07, 6.45) is 1.55. The van der Waals surface area contributed by atoms with E-state index in [-0.39, 0.29) is 11.7 Å². The Morgan fingerprint density at radius 1 is 1.44 bits per heavy atom. The number of carbonyl (C=O) groups excluding carboxylic acids is 1. The van der Waals surface area contributed by atoms with E-state index in [9.17, 15) is 9.18 Å². The zero-order valence-electron chi connectivity index (χ0n) is 9.78. The molecule has 0 saturated carbocycles. The van der Waals surface area contributed by atoms with Crippen LogP contribution in [0.1, 0.15) is 16.1 Å². The lowest BCUT2D eigenvalue weighted by molar-refractivity contribution is 0.0780. The molecule has 5 heteroatoms. The molecule has 0 aliphatic carbocycles. The number of aromatic nitrogens is 1. The summed E-state index contributed by atoms with van der Waals surface area (Å²) in [4.78, 5) is 16.3. The third-order valence-corrected chi connectivity index (χ3v) is 2.75. The van der Waals surface area contributed by atoms with Gasteiger partial charge >= 0.3 is 0 Å². The number of halogens is 2. The first kappa shape index (κ1) is 12.6. The molecule has 0 unspecified atom stereocenters. The fourth-order valence-electron chi connectivity index (χ4n) is 1.68. The van der Waals surface area contributed by atoms with Crippen molar-refractivity contribution in [1.29, 1.82) is 0 Å². The predicted octanol–water partition coefficient (Wildman–Crippen LogP) is 3.08. The van der Waals surface area contributed by atoms with E-state index < -0.39 is 0 Å². The number of hydrogen-bond donors (Lipinski definition) is 1. The van der Waals surface area contributed by atoms with Gasteiger partial charge in [0, 0.05) is 19.8 Å². The zero-order valence-corrected chi connectivity index (χ0v) is 10.5. The minimum Gasteiger partial charge on any atom is -0.356 e. The Hall–Kier alpha value is -1.81. The van der Waals surface area contributed by atoms with Crippen LogP contribution in [0, 0.1) is 5.82 Å². The molecule has 1 amide bonds. The summed E-state index contributed by atoms with van der Waals surface area (Å²) in [5.41, 5.74) is 1.16. The monoisotopic (exact) mass is 266 g/mol. The van der Waals surface area contributed by atoms with Crippen LogP contribution in [0.2, 0.25) is 5.02 Å². The van der Waals surface area contributed by atoms with E-state index in [0.717, 1.165) is 5.56 Å². The highest BCUT2D eigenvalue weighted by atomic mass is 35.5. The predicted molar refractivity (Wildman–Crippen MR) is 68.0 cm³/mol. The molecule has 2 rings (SSSR count). The Morgan fingerprint density at radius 2 is 2.22 bits per heavy atom. The number of benzene rings is 1. The van der Waals surface area contributed by atoms with Crippen LogP contribution in [-0.2, 0) is 6.54 Å². The fraction of sp³-hybridized carbons (Fsp3) is 0.154. The van der Waals surface area contributed by atoms with E-state index in [1.807, 2.05) is 0 Å². The molecule has 0 spiro atoms. The molecule has 0 aliphatic rings. The highest BCUT2D eigenvalue weighted by molar-refractivity contribution is 6.30. The number of nitrogens with one attached hydrogen (secondary N) is 1. The van der Waals surface area contributed by atoms with Gasteiger partial charge in [-0.05, 0) is 23.8 Å². The van der Waals surface area contributed by atoms with Crippen LogP contribution in [0.4, 0.5) is 4.39 Å². The highest BCUT2D eigenvalue weighted by Gasteiger charge is 2.13. The molecule has 0 radical (unpaired) electrons. The number of rotatable bonds is 3. The first-order chi connectivity index (χ1) is 8.56. The first-order valence-electron chi connectivity index (χ1n) is 5.40. The number of carbonyl (C=O) groups is 1. The maximum Gasteiger partial charge on any atom is 0.270 e. The van der Waals surface area contributed by atoms with Gasteiger partial charge in [0.15, 0.2) is 0 Å². The average molecular weight is 267 g/mol. The molecule has 0 atom stereocenters. The molecular formula is C13H12ClFN2O. The summed E-state index contributed by atoms with van der Waals surface area (Å²) >= 11 is 5.74. The molecule has 0 saturated heterocycles. The van der Waals surface area contributed by atoms with Crippen molar-refractivity contribution in [3.05, 3.63) is 58.6 Å². The van der Waals surface area contributed by atoms with Gasteiger partial charge in [0.25, 0.3) is 5.91 Å². The standard InChI is InChI=1S/C13H12ClFN2O/c1-17(8-9-3-2-4-11(15)5-9)13(18)12-6-10(14)7-16-12/h2-7,16H,8H2,1H3. The Morgan fingerprint density at radius 3 is 2.83 bits per heavy atom. The molecular weight excluding hydrogens is 255 g/mol. The molecule has 1 aromatic carbocycles. The van der Waals surface area contributed by atoms with Gasteiger partial charge < -0.3 is 9.88 Å². The number of H-pyrrole nitrogens is 1. The molecule has 94 valence electrons. The van der Waals surface area contributed by atoms with Gasteiger partial charge in [0.2, 0.25) is 0 Å². The van der Waals surface area contributed by atoms with E-state index >= 15 is 0 Å². The summed E-state index contributed by atoms with van der Waals surface area (Å²) in [6, 6.07) is 7.73. The Balaban J connectivity index is 2.08. The summed E-state index contributed by atoms with van der Waals surface area (Å²) in [5.74, 6) is -0.498. The second kappa shape index (κ2) is 5.23. The zero-order chi connectivity index (χ0) is 13.1. The first-order valence-corrected chi connectivity index (χ1v) is 5.78. The molecule has 0 aliphatic heterocycles. The van der Waals surface area contributed by atoms with Gasteiger partial charge in [-0.15, -0.1) is 0 Å². The van der Waals surface area contributed by atoms with Crippen molar-refractivity contribution in [2.24, 2.45) is 0 Å². The van der Waals surface area contributed by atoms with Crippen LogP contribution in [-0.4, -0.2) is 22.8 Å². The second-order valence-corrected chi connectivity index (χ2v) is 4.46. The molecule has 1 heterocycles. The van der Waals surface area contributed by atoms with E-state index in [1.165, 1.54) is 17.0 Å². The van der Waals surface area contributed by atoms with Gasteiger partial charge in [0.05, 0.1) is 5.02 Å². The normalized spacial score (nSPS) is 10.4. The lowest BCUT2D eigenvalue weighted by atomic mass is 10.2. The van der Waals surface area contributed by atoms with Gasteiger partial charge in [-0.2, -0.15) is 0 Å². The largest absolute Gasteiger partial charge is 0.356 e. The average Bonchev–Trinajstić information content (AvgIpc) is 2.75. The third-order valence-electron chi connectivity index (χ3n) is 2.53. The lowest BCUT2D eigenvalue weighted by Gasteiger charge is -2.16. The van der Waals surface area contributed by atoms with Crippen molar-refractivity contribution < 1.29 is 9.18 Å². The Kier molecular flexibility index (Phi) is 3.67. The minimum atomic E-state index is -0.309. The number of hydrogen-bond acceptors (Lipinski definition) is 1. The molecule has 0 fully saturated rings. The van der Waals surface area contributed by atoms with Crippen molar-refractivity contribution >= 4 is 17.5 Å². The van der Waals surface area contributed by atoms with E-state index in [2.05, 4.69) is 4.98 Å². The third kappa shape index (κ3) is 2.90. The van der Waals surface area contributed by atoms with Crippen LogP contribution in [0.5, 0.6) is 0 Å². The minimum absolute atomic E-state index is 0.189. The van der Waals surface area contributed by atoms with Gasteiger partial charge in [-0.25, -0.2) is 4.39 Å². The van der Waals surface area contributed by atoms with Crippen LogP contribution in [0.3, 0.4) is 0 Å². The van der Waals surface area contributed by atoms with Crippen LogP contribution in [0.15, 0.2) is 36.5 Å². The van der Waals surface area contributed by atoms with Crippen molar-refractivity contribution in [3.63, 3.8) is 0 Å². The van der Waals surface area contributed by atoms with E-state index in [1.54, 1.807) is 31.4 Å². The summed E-state index contributed by atoms with van der Waals surface area (Å²) in [7, 11) is 1.65. The van der Waals surface area contributed by atoms with E-state index in [0.29, 0.717) is 17.3 Å². The number of nitrogens with zero attached hydrogens (tertiary/aromatic N) is 1. The molecule has 1 N–H and O–H groups in total. The summed E-state index contributed by atoms with van der Waals surface area (Å²) in [5, 5.41) is 0.484. The van der Waals surface area contributed by atoms with Crippen LogP contribution in [0.25, 0.3) is 0 Å². The quantitative estimate of drug-likeness (QED) is 0.911. The Bertz CT molecular complexity index is 568. The van der Waals surface area contributed by atoms with Gasteiger partial charge in [-0.3, -0.25) is 4.79 Å². The van der Waals surface area contributed by atoms with E-state index in [4.69, 9.17) is 11.6 Å². The smallest absolute Gasteiger partial charge is 0.270 e. The van der Waals surface area contributed by atoms with Crippen LogP contribution < -0.4 is 0 Å². The summed E-state index contributed by atoms with van der Waals surface area (Å²) < 4.78 is 13.0. The Labute approximate surface area is 109 Å². The van der Waals surface area contributed by atoms with Gasteiger partial charge in [0.1, 0.15) is 11.5 Å².